The first-order valence-electron chi connectivity index (χ1n) is 6.91. The zero-order valence-corrected chi connectivity index (χ0v) is 12.6. The van der Waals surface area contributed by atoms with E-state index >= 15 is 0 Å². The Morgan fingerprint density at radius 3 is 2.09 bits per heavy atom. The van der Waals surface area contributed by atoms with Gasteiger partial charge in [-0.25, -0.2) is 8.42 Å². The zero-order chi connectivity index (χ0) is 15.6. The second-order valence-electron chi connectivity index (χ2n) is 5.10. The lowest BCUT2D eigenvalue weighted by atomic mass is 10.1. The number of amides is 1. The molecule has 1 heterocycles. The molecule has 1 aliphatic rings. The van der Waals surface area contributed by atoms with E-state index in [9.17, 15) is 13.2 Å². The van der Waals surface area contributed by atoms with E-state index in [1.807, 2.05) is 24.3 Å². The highest BCUT2D eigenvalue weighted by atomic mass is 32.2. The van der Waals surface area contributed by atoms with Gasteiger partial charge >= 0.3 is 0 Å². The fraction of sp³-hybridized carbons (Fsp3) is 0.118. The van der Waals surface area contributed by atoms with E-state index in [2.05, 4.69) is 0 Å². The Labute approximate surface area is 129 Å². The van der Waals surface area contributed by atoms with Crippen LogP contribution in [0, 0.1) is 0 Å². The largest absolute Gasteiger partial charge is 0.300 e. The molecule has 0 radical (unpaired) electrons. The Bertz CT molecular complexity index is 798. The molecule has 1 atom stereocenters. The maximum Gasteiger partial charge on any atom is 0.258 e. The minimum atomic E-state index is -3.24. The summed E-state index contributed by atoms with van der Waals surface area (Å²) in [4.78, 5) is 14.4. The molecule has 1 amide bonds. The fourth-order valence-electron chi connectivity index (χ4n) is 2.49. The van der Waals surface area contributed by atoms with Crippen LogP contribution in [0.3, 0.4) is 0 Å². The molecule has 0 saturated heterocycles. The molecule has 1 aliphatic heterocycles. The second kappa shape index (κ2) is 5.77. The molecule has 0 bridgehead atoms. The standard InChI is InChI=1S/C17H15NO3S/c19-17(14-7-3-1-4-8-14)18(15-9-5-2-6-10-15)16-11-12-22(20,21)13-16/h1-12,16H,13H2/t16-/m0/s1. The van der Waals surface area contributed by atoms with Crippen molar-refractivity contribution in [3.8, 4) is 0 Å². The molecule has 0 aliphatic carbocycles. The van der Waals surface area contributed by atoms with Crippen LogP contribution < -0.4 is 4.90 Å². The summed E-state index contributed by atoms with van der Waals surface area (Å²) in [5.41, 5.74) is 1.21. The van der Waals surface area contributed by atoms with E-state index in [1.165, 1.54) is 10.3 Å². The van der Waals surface area contributed by atoms with Crippen molar-refractivity contribution in [1.29, 1.82) is 0 Å². The summed E-state index contributed by atoms with van der Waals surface area (Å²) in [6.45, 7) is 0. The highest BCUT2D eigenvalue weighted by Gasteiger charge is 2.31. The lowest BCUT2D eigenvalue weighted by Gasteiger charge is -2.27. The van der Waals surface area contributed by atoms with Crippen molar-refractivity contribution in [2.75, 3.05) is 10.7 Å². The van der Waals surface area contributed by atoms with E-state index in [1.54, 1.807) is 42.5 Å². The number of anilines is 1. The van der Waals surface area contributed by atoms with Gasteiger partial charge in [0.2, 0.25) is 0 Å². The third kappa shape index (κ3) is 2.94. The van der Waals surface area contributed by atoms with E-state index in [-0.39, 0.29) is 11.7 Å². The first kappa shape index (κ1) is 14.5. The maximum atomic E-state index is 12.8. The van der Waals surface area contributed by atoms with Crippen LogP contribution in [0.5, 0.6) is 0 Å². The van der Waals surface area contributed by atoms with Gasteiger partial charge in [0, 0.05) is 16.7 Å². The predicted octanol–water partition coefficient (Wildman–Crippen LogP) is 2.64. The second-order valence-corrected chi connectivity index (χ2v) is 7.03. The average molecular weight is 313 g/mol. The molecule has 4 nitrogen and oxygen atoms in total. The van der Waals surface area contributed by atoms with Crippen LogP contribution in [0.4, 0.5) is 5.69 Å². The van der Waals surface area contributed by atoms with Crippen molar-refractivity contribution in [1.82, 2.24) is 0 Å². The third-order valence-corrected chi connectivity index (χ3v) is 4.89. The molecule has 112 valence electrons. The van der Waals surface area contributed by atoms with Gasteiger partial charge in [0.1, 0.15) is 0 Å². The molecule has 0 saturated carbocycles. The number of hydrogen-bond acceptors (Lipinski definition) is 3. The molecule has 0 N–H and O–H groups in total. The minimum Gasteiger partial charge on any atom is -0.300 e. The van der Waals surface area contributed by atoms with Crippen molar-refractivity contribution in [3.05, 3.63) is 77.7 Å². The number of para-hydroxylation sites is 1. The SMILES string of the molecule is O=C(c1ccccc1)N(c1ccccc1)[C@H]1C=CS(=O)(=O)C1. The molecular weight excluding hydrogens is 298 g/mol. The van der Waals surface area contributed by atoms with Crippen LogP contribution >= 0.6 is 0 Å². The zero-order valence-electron chi connectivity index (χ0n) is 11.8. The van der Waals surface area contributed by atoms with Crippen LogP contribution in [0.15, 0.2) is 72.1 Å². The smallest absolute Gasteiger partial charge is 0.258 e. The summed E-state index contributed by atoms with van der Waals surface area (Å²) in [6.07, 6.45) is 1.57. The van der Waals surface area contributed by atoms with Gasteiger partial charge in [0.15, 0.2) is 9.84 Å². The van der Waals surface area contributed by atoms with Crippen LogP contribution in [0.25, 0.3) is 0 Å². The molecule has 3 rings (SSSR count). The Kier molecular flexibility index (Phi) is 3.81. The summed E-state index contributed by atoms with van der Waals surface area (Å²) in [5, 5.41) is 1.19. The first-order valence-corrected chi connectivity index (χ1v) is 8.63. The fourth-order valence-corrected chi connectivity index (χ4v) is 3.76. The average Bonchev–Trinajstić information content (AvgIpc) is 2.89. The molecule has 0 unspecified atom stereocenters. The van der Waals surface area contributed by atoms with Crippen LogP contribution in [0.1, 0.15) is 10.4 Å². The maximum absolute atomic E-state index is 12.8. The molecule has 2 aromatic rings. The number of sulfone groups is 1. The minimum absolute atomic E-state index is 0.0829. The van der Waals surface area contributed by atoms with Crippen molar-refractivity contribution >= 4 is 21.4 Å². The summed E-state index contributed by atoms with van der Waals surface area (Å²) >= 11 is 0. The third-order valence-electron chi connectivity index (χ3n) is 3.52. The molecular formula is C17H15NO3S. The molecule has 0 spiro atoms. The van der Waals surface area contributed by atoms with Crippen molar-refractivity contribution in [2.24, 2.45) is 0 Å². The summed E-state index contributed by atoms with van der Waals surface area (Å²) in [6, 6.07) is 17.5. The van der Waals surface area contributed by atoms with Gasteiger partial charge in [-0.1, -0.05) is 36.4 Å². The molecule has 22 heavy (non-hydrogen) atoms. The highest BCUT2D eigenvalue weighted by molar-refractivity contribution is 7.94. The van der Waals surface area contributed by atoms with Crippen LogP contribution in [-0.2, 0) is 9.84 Å². The van der Waals surface area contributed by atoms with Crippen molar-refractivity contribution in [3.63, 3.8) is 0 Å². The van der Waals surface area contributed by atoms with E-state index in [0.29, 0.717) is 11.3 Å². The Hall–Kier alpha value is -2.40. The molecule has 0 aromatic heterocycles. The molecule has 2 aromatic carbocycles. The number of hydrogen-bond donors (Lipinski definition) is 0. The Morgan fingerprint density at radius 2 is 1.55 bits per heavy atom. The van der Waals surface area contributed by atoms with Gasteiger partial charge in [-0.15, -0.1) is 0 Å². The summed E-state index contributed by atoms with van der Waals surface area (Å²) in [7, 11) is -3.24. The van der Waals surface area contributed by atoms with E-state index in [4.69, 9.17) is 0 Å². The van der Waals surface area contributed by atoms with Crippen LogP contribution in [0.2, 0.25) is 0 Å². The summed E-state index contributed by atoms with van der Waals surface area (Å²) < 4.78 is 23.4. The number of nitrogens with zero attached hydrogens (tertiary/aromatic N) is 1. The van der Waals surface area contributed by atoms with Gasteiger partial charge in [-0.2, -0.15) is 0 Å². The lowest BCUT2D eigenvalue weighted by molar-refractivity contribution is 0.0983. The van der Waals surface area contributed by atoms with Gasteiger partial charge in [0.25, 0.3) is 5.91 Å². The van der Waals surface area contributed by atoms with E-state index < -0.39 is 15.9 Å². The monoisotopic (exact) mass is 313 g/mol. The van der Waals surface area contributed by atoms with Crippen LogP contribution in [-0.4, -0.2) is 26.1 Å². The quantitative estimate of drug-likeness (QED) is 0.875. The first-order chi connectivity index (χ1) is 10.6. The number of rotatable bonds is 3. The molecule has 5 heteroatoms. The number of carbonyl (C=O) groups is 1. The van der Waals surface area contributed by atoms with Gasteiger partial charge in [-0.3, -0.25) is 4.79 Å². The topological polar surface area (TPSA) is 54.5 Å². The van der Waals surface area contributed by atoms with Crippen molar-refractivity contribution < 1.29 is 13.2 Å². The number of carbonyl (C=O) groups excluding carboxylic acids is 1. The Morgan fingerprint density at radius 1 is 0.955 bits per heavy atom. The number of benzene rings is 2. The lowest BCUT2D eigenvalue weighted by Crippen LogP contribution is -2.41. The Balaban J connectivity index is 2.01. The molecule has 0 fully saturated rings. The van der Waals surface area contributed by atoms with Gasteiger partial charge in [0.05, 0.1) is 11.8 Å². The van der Waals surface area contributed by atoms with E-state index in [0.717, 1.165) is 0 Å². The van der Waals surface area contributed by atoms with Crippen molar-refractivity contribution in [2.45, 2.75) is 6.04 Å². The predicted molar refractivity (Wildman–Crippen MR) is 86.4 cm³/mol. The highest BCUT2D eigenvalue weighted by Crippen LogP contribution is 2.24. The summed E-state index contributed by atoms with van der Waals surface area (Å²) in [5.74, 6) is -0.293. The van der Waals surface area contributed by atoms with Gasteiger partial charge < -0.3 is 4.90 Å². The van der Waals surface area contributed by atoms with Gasteiger partial charge in [-0.05, 0) is 30.3 Å². The normalized spacial score (nSPS) is 19.0.